The lowest BCUT2D eigenvalue weighted by Gasteiger charge is -2.18. The molecule has 20 heavy (non-hydrogen) atoms. The molecule has 6 nitrogen and oxygen atoms in total. The summed E-state index contributed by atoms with van der Waals surface area (Å²) in [4.78, 5) is 14.5. The Bertz CT molecular complexity index is 444. The van der Waals surface area contributed by atoms with Crippen LogP contribution < -0.4 is 21.1 Å². The van der Waals surface area contributed by atoms with Crippen LogP contribution >= 0.6 is 11.3 Å². The quantitative estimate of drug-likeness (QED) is 0.677. The van der Waals surface area contributed by atoms with Gasteiger partial charge in [-0.15, -0.1) is 11.3 Å². The van der Waals surface area contributed by atoms with Crippen molar-refractivity contribution in [1.29, 1.82) is 0 Å². The van der Waals surface area contributed by atoms with Gasteiger partial charge < -0.3 is 26.0 Å². The highest BCUT2D eigenvalue weighted by molar-refractivity contribution is 7.19. The molecule has 0 aliphatic carbocycles. The highest BCUT2D eigenvalue weighted by atomic mass is 32.1. The van der Waals surface area contributed by atoms with Gasteiger partial charge in [-0.25, -0.2) is 0 Å². The number of methoxy groups -OCH3 is 1. The highest BCUT2D eigenvalue weighted by Gasteiger charge is 2.20. The highest BCUT2D eigenvalue weighted by Crippen LogP contribution is 2.42. The van der Waals surface area contributed by atoms with E-state index in [9.17, 15) is 4.79 Å². The van der Waals surface area contributed by atoms with Gasteiger partial charge in [0.15, 0.2) is 5.75 Å². The van der Waals surface area contributed by atoms with Gasteiger partial charge in [0.25, 0.3) is 5.91 Å². The number of thiophene rings is 1. The Kier molecular flexibility index (Phi) is 6.60. The third-order valence-corrected chi connectivity index (χ3v) is 4.29. The maximum Gasteiger partial charge on any atom is 0.263 e. The summed E-state index contributed by atoms with van der Waals surface area (Å²) < 4.78 is 5.29. The minimum absolute atomic E-state index is 0.192. The van der Waals surface area contributed by atoms with Crippen molar-refractivity contribution in [3.8, 4) is 5.75 Å². The molecule has 1 aromatic heterocycles. The van der Waals surface area contributed by atoms with Crippen molar-refractivity contribution in [2.24, 2.45) is 0 Å². The predicted molar refractivity (Wildman–Crippen MR) is 85.0 cm³/mol. The van der Waals surface area contributed by atoms with Crippen LogP contribution in [0.5, 0.6) is 5.75 Å². The van der Waals surface area contributed by atoms with Crippen LogP contribution in [-0.2, 0) is 0 Å². The summed E-state index contributed by atoms with van der Waals surface area (Å²) in [6, 6.07) is 0. The summed E-state index contributed by atoms with van der Waals surface area (Å²) in [6.07, 6.45) is 0. The average molecular weight is 300 g/mol. The molecule has 114 valence electrons. The van der Waals surface area contributed by atoms with E-state index < -0.39 is 0 Å². The van der Waals surface area contributed by atoms with Crippen LogP contribution in [0.3, 0.4) is 0 Å². The molecule has 4 N–H and O–H groups in total. The number of hydrogen-bond donors (Lipinski definition) is 3. The zero-order valence-electron chi connectivity index (χ0n) is 12.6. The van der Waals surface area contributed by atoms with E-state index in [-0.39, 0.29) is 5.91 Å². The third kappa shape index (κ3) is 3.77. The monoisotopic (exact) mass is 300 g/mol. The van der Waals surface area contributed by atoms with Gasteiger partial charge in [0, 0.05) is 20.1 Å². The Hall–Kier alpha value is -1.47. The second-order valence-corrected chi connectivity index (χ2v) is 5.26. The number of rotatable bonds is 8. The van der Waals surface area contributed by atoms with E-state index in [2.05, 4.69) is 29.4 Å². The number of nitrogens with two attached hydrogens (primary N) is 1. The molecular formula is C13H24N4O2S. The zero-order valence-corrected chi connectivity index (χ0v) is 13.4. The molecule has 0 saturated carbocycles. The molecular weight excluding hydrogens is 276 g/mol. The van der Waals surface area contributed by atoms with E-state index >= 15 is 0 Å². The molecule has 0 saturated heterocycles. The van der Waals surface area contributed by atoms with Crippen LogP contribution in [0, 0.1) is 0 Å². The van der Waals surface area contributed by atoms with Gasteiger partial charge in [0.05, 0.1) is 7.11 Å². The Morgan fingerprint density at radius 1 is 1.40 bits per heavy atom. The number of ether oxygens (including phenoxy) is 1. The molecule has 7 heteroatoms. The zero-order chi connectivity index (χ0) is 15.1. The summed E-state index contributed by atoms with van der Waals surface area (Å²) in [6.45, 7) is 8.03. The summed E-state index contributed by atoms with van der Waals surface area (Å²) in [5.41, 5.74) is 6.34. The predicted octanol–water partition coefficient (Wildman–Crippen LogP) is 1.45. The van der Waals surface area contributed by atoms with E-state index in [1.165, 1.54) is 11.3 Å². The standard InChI is InChI=1S/C13H24N4O2S/c1-5-17(6-2)8-7-16-13-10(19-4)9(14)11(20-13)12(18)15-3/h16H,5-8,14H2,1-4H3,(H,15,18). The summed E-state index contributed by atoms with van der Waals surface area (Å²) in [7, 11) is 3.14. The molecule has 0 fully saturated rings. The van der Waals surface area contributed by atoms with Crippen molar-refractivity contribution in [2.75, 3.05) is 51.4 Å². The lowest BCUT2D eigenvalue weighted by atomic mass is 10.3. The molecule has 0 aliphatic rings. The molecule has 1 amide bonds. The minimum Gasteiger partial charge on any atom is -0.492 e. The van der Waals surface area contributed by atoms with Gasteiger partial charge in [-0.3, -0.25) is 4.79 Å². The number of nitrogens with one attached hydrogen (secondary N) is 2. The van der Waals surface area contributed by atoms with Crippen LogP contribution in [0.15, 0.2) is 0 Å². The first-order valence-electron chi connectivity index (χ1n) is 6.73. The molecule has 0 radical (unpaired) electrons. The molecule has 0 bridgehead atoms. The fourth-order valence-corrected chi connectivity index (χ4v) is 2.96. The number of hydrogen-bond acceptors (Lipinski definition) is 6. The lowest BCUT2D eigenvalue weighted by Crippen LogP contribution is -2.28. The Balaban J connectivity index is 2.77. The van der Waals surface area contributed by atoms with Crippen LogP contribution in [-0.4, -0.2) is 51.1 Å². The number of carbonyl (C=O) groups is 1. The van der Waals surface area contributed by atoms with Crippen molar-refractivity contribution < 1.29 is 9.53 Å². The number of anilines is 2. The Labute approximate surface area is 124 Å². The molecule has 1 rings (SSSR count). The number of nitrogen functional groups attached to an aromatic ring is 1. The van der Waals surface area contributed by atoms with Crippen LogP contribution in [0.1, 0.15) is 23.5 Å². The number of carbonyl (C=O) groups excluding carboxylic acids is 1. The molecule has 0 aromatic carbocycles. The molecule has 0 aliphatic heterocycles. The second-order valence-electron chi connectivity index (χ2n) is 4.24. The first-order chi connectivity index (χ1) is 9.58. The summed E-state index contributed by atoms with van der Waals surface area (Å²) in [5, 5.41) is 6.68. The Morgan fingerprint density at radius 2 is 2.05 bits per heavy atom. The fourth-order valence-electron chi connectivity index (χ4n) is 1.90. The van der Waals surface area contributed by atoms with E-state index in [1.807, 2.05) is 0 Å². The molecule has 0 unspecified atom stereocenters. The van der Waals surface area contributed by atoms with E-state index in [0.29, 0.717) is 16.3 Å². The molecule has 0 spiro atoms. The van der Waals surface area contributed by atoms with E-state index in [4.69, 9.17) is 10.5 Å². The van der Waals surface area contributed by atoms with Crippen LogP contribution in [0.25, 0.3) is 0 Å². The topological polar surface area (TPSA) is 79.6 Å². The second kappa shape index (κ2) is 7.96. The lowest BCUT2D eigenvalue weighted by molar-refractivity contribution is 0.0967. The van der Waals surface area contributed by atoms with Gasteiger partial charge in [0.1, 0.15) is 15.6 Å². The third-order valence-electron chi connectivity index (χ3n) is 3.15. The molecule has 0 atom stereocenters. The largest absolute Gasteiger partial charge is 0.492 e. The fraction of sp³-hybridized carbons (Fsp3) is 0.615. The number of amides is 1. The van der Waals surface area contributed by atoms with Crippen molar-refractivity contribution in [3.05, 3.63) is 4.88 Å². The van der Waals surface area contributed by atoms with Crippen molar-refractivity contribution >= 4 is 27.9 Å². The van der Waals surface area contributed by atoms with Crippen LogP contribution in [0.4, 0.5) is 10.7 Å². The normalized spacial score (nSPS) is 10.7. The van der Waals surface area contributed by atoms with Crippen molar-refractivity contribution in [2.45, 2.75) is 13.8 Å². The van der Waals surface area contributed by atoms with Gasteiger partial charge >= 0.3 is 0 Å². The minimum atomic E-state index is -0.192. The first kappa shape index (κ1) is 16.6. The molecule has 1 heterocycles. The SMILES string of the molecule is CCN(CC)CCNc1sc(C(=O)NC)c(N)c1OC. The Morgan fingerprint density at radius 3 is 2.55 bits per heavy atom. The molecule has 1 aromatic rings. The van der Waals surface area contributed by atoms with Gasteiger partial charge in [-0.2, -0.15) is 0 Å². The van der Waals surface area contributed by atoms with Crippen LogP contribution in [0.2, 0.25) is 0 Å². The van der Waals surface area contributed by atoms with Crippen molar-refractivity contribution in [1.82, 2.24) is 10.2 Å². The van der Waals surface area contributed by atoms with E-state index in [0.717, 1.165) is 31.2 Å². The summed E-state index contributed by atoms with van der Waals surface area (Å²) >= 11 is 1.32. The van der Waals surface area contributed by atoms with Gasteiger partial charge in [-0.05, 0) is 13.1 Å². The average Bonchev–Trinajstić information content (AvgIpc) is 2.79. The summed E-state index contributed by atoms with van der Waals surface area (Å²) in [5.74, 6) is 0.357. The van der Waals surface area contributed by atoms with Gasteiger partial charge in [0.2, 0.25) is 0 Å². The van der Waals surface area contributed by atoms with Gasteiger partial charge in [-0.1, -0.05) is 13.8 Å². The maximum absolute atomic E-state index is 11.7. The maximum atomic E-state index is 11.7. The van der Waals surface area contributed by atoms with Crippen molar-refractivity contribution in [3.63, 3.8) is 0 Å². The first-order valence-corrected chi connectivity index (χ1v) is 7.55. The smallest absolute Gasteiger partial charge is 0.263 e. The number of likely N-dealkylation sites (N-methyl/N-ethyl adjacent to an activating group) is 1. The number of nitrogens with zero attached hydrogens (tertiary/aromatic N) is 1. The van der Waals surface area contributed by atoms with E-state index in [1.54, 1.807) is 14.2 Å².